The SMILES string of the molecule is C=CCN1C(=O)[C@H]2[C@H](C1=O)[C@@H](c1ccccc1)C=C[C@@H]2c1ccccc1. The van der Waals surface area contributed by atoms with E-state index in [1.165, 1.54) is 4.90 Å². The Morgan fingerprint density at radius 3 is 1.58 bits per heavy atom. The lowest BCUT2D eigenvalue weighted by atomic mass is 9.68. The van der Waals surface area contributed by atoms with Gasteiger partial charge in [-0.1, -0.05) is 78.9 Å². The number of carbonyl (C=O) groups is 2. The van der Waals surface area contributed by atoms with E-state index in [1.54, 1.807) is 6.08 Å². The van der Waals surface area contributed by atoms with Gasteiger partial charge in [0.15, 0.2) is 0 Å². The molecule has 2 aliphatic rings. The molecular formula is C23H21NO2. The zero-order chi connectivity index (χ0) is 18.1. The molecular weight excluding hydrogens is 322 g/mol. The van der Waals surface area contributed by atoms with E-state index in [2.05, 4.69) is 18.7 Å². The minimum atomic E-state index is -0.361. The lowest BCUT2D eigenvalue weighted by Gasteiger charge is -2.32. The number of amides is 2. The van der Waals surface area contributed by atoms with Crippen molar-refractivity contribution in [2.45, 2.75) is 11.8 Å². The Balaban J connectivity index is 1.81. The number of nitrogens with zero attached hydrogens (tertiary/aromatic N) is 1. The summed E-state index contributed by atoms with van der Waals surface area (Å²) >= 11 is 0. The van der Waals surface area contributed by atoms with Crippen molar-refractivity contribution in [2.75, 3.05) is 6.54 Å². The Hall–Kier alpha value is -2.94. The Morgan fingerprint density at radius 2 is 1.19 bits per heavy atom. The van der Waals surface area contributed by atoms with E-state index in [0.29, 0.717) is 0 Å². The molecule has 26 heavy (non-hydrogen) atoms. The quantitative estimate of drug-likeness (QED) is 0.623. The lowest BCUT2D eigenvalue weighted by Crippen LogP contribution is -2.31. The topological polar surface area (TPSA) is 37.4 Å². The van der Waals surface area contributed by atoms with Gasteiger partial charge in [0, 0.05) is 18.4 Å². The first-order valence-corrected chi connectivity index (χ1v) is 8.96. The molecule has 1 fully saturated rings. The summed E-state index contributed by atoms with van der Waals surface area (Å²) in [5.74, 6) is -1.04. The van der Waals surface area contributed by atoms with Gasteiger partial charge in [0.05, 0.1) is 11.8 Å². The lowest BCUT2D eigenvalue weighted by molar-refractivity contribution is -0.139. The van der Waals surface area contributed by atoms with Crippen molar-refractivity contribution in [1.82, 2.24) is 4.90 Å². The van der Waals surface area contributed by atoms with Crippen LogP contribution in [-0.2, 0) is 9.59 Å². The van der Waals surface area contributed by atoms with Crippen LogP contribution in [0.15, 0.2) is 85.5 Å². The maximum atomic E-state index is 13.1. The molecule has 2 aromatic rings. The van der Waals surface area contributed by atoms with Crippen LogP contribution in [0.1, 0.15) is 23.0 Å². The molecule has 3 heteroatoms. The zero-order valence-electron chi connectivity index (χ0n) is 14.5. The third-order valence-electron chi connectivity index (χ3n) is 5.47. The Bertz CT molecular complexity index is 789. The molecule has 1 aliphatic carbocycles. The summed E-state index contributed by atoms with van der Waals surface area (Å²) < 4.78 is 0. The van der Waals surface area contributed by atoms with Crippen LogP contribution in [-0.4, -0.2) is 23.3 Å². The van der Waals surface area contributed by atoms with Crippen molar-refractivity contribution in [3.63, 3.8) is 0 Å². The fourth-order valence-electron chi connectivity index (χ4n) is 4.30. The summed E-state index contributed by atoms with van der Waals surface area (Å²) in [4.78, 5) is 27.6. The third-order valence-corrected chi connectivity index (χ3v) is 5.47. The number of imide groups is 1. The number of allylic oxidation sites excluding steroid dienone is 2. The predicted octanol–water partition coefficient (Wildman–Crippen LogP) is 3.91. The van der Waals surface area contributed by atoms with Gasteiger partial charge in [-0.05, 0) is 11.1 Å². The molecule has 0 unspecified atom stereocenters. The van der Waals surface area contributed by atoms with Gasteiger partial charge in [-0.25, -0.2) is 0 Å². The van der Waals surface area contributed by atoms with Crippen LogP contribution >= 0.6 is 0 Å². The van der Waals surface area contributed by atoms with Gasteiger partial charge >= 0.3 is 0 Å². The average molecular weight is 343 g/mol. The van der Waals surface area contributed by atoms with Gasteiger partial charge in [-0.15, -0.1) is 6.58 Å². The van der Waals surface area contributed by atoms with E-state index in [4.69, 9.17) is 0 Å². The van der Waals surface area contributed by atoms with Crippen molar-refractivity contribution in [3.05, 3.63) is 96.6 Å². The third kappa shape index (κ3) is 2.60. The smallest absolute Gasteiger partial charge is 0.234 e. The first-order valence-electron chi connectivity index (χ1n) is 8.96. The van der Waals surface area contributed by atoms with Crippen LogP contribution in [0.3, 0.4) is 0 Å². The van der Waals surface area contributed by atoms with E-state index >= 15 is 0 Å². The van der Waals surface area contributed by atoms with Crippen molar-refractivity contribution in [3.8, 4) is 0 Å². The second kappa shape index (κ2) is 6.75. The molecule has 1 aliphatic heterocycles. The number of hydrogen-bond acceptors (Lipinski definition) is 2. The van der Waals surface area contributed by atoms with E-state index in [0.717, 1.165) is 11.1 Å². The molecule has 130 valence electrons. The Morgan fingerprint density at radius 1 is 0.769 bits per heavy atom. The molecule has 0 saturated carbocycles. The summed E-state index contributed by atoms with van der Waals surface area (Å²) in [6.07, 6.45) is 5.84. The molecule has 1 saturated heterocycles. The van der Waals surface area contributed by atoms with E-state index in [1.807, 2.05) is 60.7 Å². The number of rotatable bonds is 4. The molecule has 2 aromatic carbocycles. The number of fused-ring (bicyclic) bond motifs is 1. The fourth-order valence-corrected chi connectivity index (χ4v) is 4.30. The summed E-state index contributed by atoms with van der Waals surface area (Å²) in [5.41, 5.74) is 2.15. The molecule has 0 N–H and O–H groups in total. The van der Waals surface area contributed by atoms with E-state index in [-0.39, 0.29) is 42.0 Å². The van der Waals surface area contributed by atoms with Gasteiger partial charge in [0.1, 0.15) is 0 Å². The maximum absolute atomic E-state index is 13.1. The molecule has 2 amide bonds. The minimum absolute atomic E-state index is 0.0765. The summed E-state index contributed by atoms with van der Waals surface area (Å²) in [6, 6.07) is 20.0. The highest BCUT2D eigenvalue weighted by molar-refractivity contribution is 6.06. The van der Waals surface area contributed by atoms with Gasteiger partial charge in [-0.2, -0.15) is 0 Å². The second-order valence-electron chi connectivity index (χ2n) is 6.89. The second-order valence-corrected chi connectivity index (χ2v) is 6.89. The highest BCUT2D eigenvalue weighted by Crippen LogP contribution is 2.49. The highest BCUT2D eigenvalue weighted by atomic mass is 16.2. The largest absolute Gasteiger partial charge is 0.278 e. The number of likely N-dealkylation sites (tertiary alicyclic amines) is 1. The summed E-state index contributed by atoms with van der Waals surface area (Å²) in [6.45, 7) is 3.97. The minimum Gasteiger partial charge on any atom is -0.278 e. The molecule has 4 rings (SSSR count). The monoisotopic (exact) mass is 343 g/mol. The van der Waals surface area contributed by atoms with Gasteiger partial charge in [0.25, 0.3) is 0 Å². The Labute approximate surface area is 153 Å². The van der Waals surface area contributed by atoms with Crippen LogP contribution < -0.4 is 0 Å². The van der Waals surface area contributed by atoms with Gasteiger partial charge < -0.3 is 0 Å². The highest BCUT2D eigenvalue weighted by Gasteiger charge is 2.54. The van der Waals surface area contributed by atoms with E-state index < -0.39 is 0 Å². The van der Waals surface area contributed by atoms with Crippen LogP contribution in [0.5, 0.6) is 0 Å². The molecule has 3 nitrogen and oxygen atoms in total. The number of hydrogen-bond donors (Lipinski definition) is 0. The van der Waals surface area contributed by atoms with Gasteiger partial charge in [0.2, 0.25) is 11.8 Å². The van der Waals surface area contributed by atoms with Gasteiger partial charge in [-0.3, -0.25) is 14.5 Å². The summed E-state index contributed by atoms with van der Waals surface area (Å²) in [5, 5.41) is 0. The van der Waals surface area contributed by atoms with E-state index in [9.17, 15) is 9.59 Å². The van der Waals surface area contributed by atoms with Crippen LogP contribution in [0.25, 0.3) is 0 Å². The Kier molecular flexibility index (Phi) is 4.29. The number of carbonyl (C=O) groups excluding carboxylic acids is 2. The standard InChI is InChI=1S/C23H21NO2/c1-2-15-24-22(25)20-18(16-9-5-3-6-10-16)13-14-19(21(20)23(24)26)17-11-7-4-8-12-17/h2-14,18-21H,1,15H2/t18-,19-,20-,21-/m1/s1. The van der Waals surface area contributed by atoms with Crippen molar-refractivity contribution < 1.29 is 9.59 Å². The molecule has 0 bridgehead atoms. The molecule has 4 atom stereocenters. The first kappa shape index (κ1) is 16.5. The van der Waals surface area contributed by atoms with Crippen LogP contribution in [0, 0.1) is 11.8 Å². The molecule has 0 radical (unpaired) electrons. The normalized spacial score (nSPS) is 27.5. The fraction of sp³-hybridized carbons (Fsp3) is 0.217. The predicted molar refractivity (Wildman–Crippen MR) is 101 cm³/mol. The molecule has 1 heterocycles. The van der Waals surface area contributed by atoms with Crippen molar-refractivity contribution in [2.24, 2.45) is 11.8 Å². The van der Waals surface area contributed by atoms with Crippen LogP contribution in [0.4, 0.5) is 0 Å². The van der Waals surface area contributed by atoms with Crippen LogP contribution in [0.2, 0.25) is 0 Å². The molecule has 0 aromatic heterocycles. The zero-order valence-corrected chi connectivity index (χ0v) is 14.5. The van der Waals surface area contributed by atoms with Crippen molar-refractivity contribution in [1.29, 1.82) is 0 Å². The number of benzene rings is 2. The molecule has 0 spiro atoms. The first-order chi connectivity index (χ1) is 12.7. The van der Waals surface area contributed by atoms with Crippen molar-refractivity contribution >= 4 is 11.8 Å². The maximum Gasteiger partial charge on any atom is 0.234 e. The average Bonchev–Trinajstić information content (AvgIpc) is 2.95. The summed E-state index contributed by atoms with van der Waals surface area (Å²) in [7, 11) is 0.